The Hall–Kier alpha value is -2.68. The fourth-order valence-corrected chi connectivity index (χ4v) is 6.18. The molecule has 1 unspecified atom stereocenters. The number of nitrogens with one attached hydrogen (secondary N) is 1. The molecule has 1 amide bonds. The second-order valence-electron chi connectivity index (χ2n) is 8.41. The maximum Gasteiger partial charge on any atom is 0.251 e. The first-order chi connectivity index (χ1) is 15.8. The lowest BCUT2D eigenvalue weighted by atomic mass is 10.0. The molecule has 1 aliphatic rings. The summed E-state index contributed by atoms with van der Waals surface area (Å²) in [6, 6.07) is 14.1. The minimum Gasteiger partial charge on any atom is -0.348 e. The number of piperidine rings is 1. The molecule has 2 aromatic carbocycles. The molecule has 1 fully saturated rings. The Labute approximate surface area is 199 Å². The highest BCUT2D eigenvalue weighted by atomic mass is 35.5. The number of carbonyl (C=O) groups is 1. The predicted octanol–water partition coefficient (Wildman–Crippen LogP) is 3.94. The molecule has 0 saturated carbocycles. The second-order valence-corrected chi connectivity index (χ2v) is 10.7. The van der Waals surface area contributed by atoms with Crippen molar-refractivity contribution in [3.05, 3.63) is 82.6 Å². The largest absolute Gasteiger partial charge is 0.348 e. The second kappa shape index (κ2) is 10.1. The van der Waals surface area contributed by atoms with E-state index in [2.05, 4.69) is 10.4 Å². The van der Waals surface area contributed by atoms with Gasteiger partial charge in [0.05, 0.1) is 11.6 Å². The molecule has 7 nitrogen and oxygen atoms in total. The molecule has 3 aromatic rings. The van der Waals surface area contributed by atoms with E-state index in [1.807, 2.05) is 48.1 Å². The first-order valence-corrected chi connectivity index (χ1v) is 12.8. The van der Waals surface area contributed by atoms with Crippen molar-refractivity contribution in [2.45, 2.75) is 37.8 Å². The Balaban J connectivity index is 1.50. The third-order valence-corrected chi connectivity index (χ3v) is 8.23. The Kier molecular flexibility index (Phi) is 7.17. The molecule has 1 saturated heterocycles. The lowest BCUT2D eigenvalue weighted by Gasteiger charge is -2.30. The van der Waals surface area contributed by atoms with Crippen molar-refractivity contribution in [3.63, 3.8) is 0 Å². The van der Waals surface area contributed by atoms with E-state index in [9.17, 15) is 13.2 Å². The summed E-state index contributed by atoms with van der Waals surface area (Å²) >= 11 is 6.26. The molecule has 1 aliphatic heterocycles. The number of carbonyl (C=O) groups excluding carboxylic acids is 1. The molecular weight excluding hydrogens is 460 g/mol. The van der Waals surface area contributed by atoms with E-state index in [1.54, 1.807) is 12.3 Å². The van der Waals surface area contributed by atoms with Crippen LogP contribution in [0.2, 0.25) is 5.02 Å². The van der Waals surface area contributed by atoms with E-state index < -0.39 is 10.0 Å². The van der Waals surface area contributed by atoms with Crippen LogP contribution in [-0.2, 0) is 23.1 Å². The van der Waals surface area contributed by atoms with Gasteiger partial charge >= 0.3 is 0 Å². The lowest BCUT2D eigenvalue weighted by molar-refractivity contribution is 0.0950. The standard InChI is InChI=1S/C24H27ClN4O3S/c1-18-6-4-13-29(16-18)33(31,32)23-14-19(9-10-22(23)25)24(30)26-15-20-7-2-3-8-21(20)17-28-12-5-11-27-28/h2-3,5,7-12,14,18H,4,6,13,15-17H2,1H3,(H,26,30). The Morgan fingerprint density at radius 3 is 2.70 bits per heavy atom. The van der Waals surface area contributed by atoms with Gasteiger partial charge in [-0.3, -0.25) is 9.48 Å². The van der Waals surface area contributed by atoms with Crippen LogP contribution in [-0.4, -0.2) is 41.5 Å². The van der Waals surface area contributed by atoms with Gasteiger partial charge in [0.15, 0.2) is 0 Å². The Morgan fingerprint density at radius 1 is 1.18 bits per heavy atom. The van der Waals surface area contributed by atoms with Crippen LogP contribution in [0.25, 0.3) is 0 Å². The van der Waals surface area contributed by atoms with Crippen molar-refractivity contribution in [2.75, 3.05) is 13.1 Å². The zero-order valence-corrected chi connectivity index (χ0v) is 20.0. The molecule has 9 heteroatoms. The molecule has 1 aromatic heterocycles. The summed E-state index contributed by atoms with van der Waals surface area (Å²) in [5, 5.41) is 7.26. The molecule has 174 valence electrons. The summed E-state index contributed by atoms with van der Waals surface area (Å²) < 4.78 is 29.7. The number of amides is 1. The molecule has 1 N–H and O–H groups in total. The maximum atomic E-state index is 13.2. The SMILES string of the molecule is CC1CCCN(S(=O)(=O)c2cc(C(=O)NCc3ccccc3Cn3cccn3)ccc2Cl)C1. The zero-order chi connectivity index (χ0) is 23.4. The van der Waals surface area contributed by atoms with Gasteiger partial charge in [0.2, 0.25) is 10.0 Å². The predicted molar refractivity (Wildman–Crippen MR) is 128 cm³/mol. The van der Waals surface area contributed by atoms with Gasteiger partial charge in [0.1, 0.15) is 4.90 Å². The van der Waals surface area contributed by atoms with E-state index in [1.165, 1.54) is 16.4 Å². The average Bonchev–Trinajstić information content (AvgIpc) is 3.31. The monoisotopic (exact) mass is 486 g/mol. The maximum absolute atomic E-state index is 13.2. The van der Waals surface area contributed by atoms with Crippen LogP contribution in [0.1, 0.15) is 41.3 Å². The van der Waals surface area contributed by atoms with Crippen LogP contribution >= 0.6 is 11.6 Å². The van der Waals surface area contributed by atoms with Gasteiger partial charge in [-0.1, -0.05) is 42.8 Å². The summed E-state index contributed by atoms with van der Waals surface area (Å²) in [4.78, 5) is 12.9. The van der Waals surface area contributed by atoms with Crippen molar-refractivity contribution in [3.8, 4) is 0 Å². The topological polar surface area (TPSA) is 84.3 Å². The van der Waals surface area contributed by atoms with Gasteiger partial charge in [0.25, 0.3) is 5.91 Å². The smallest absolute Gasteiger partial charge is 0.251 e. The fraction of sp³-hybridized carbons (Fsp3) is 0.333. The molecule has 0 spiro atoms. The zero-order valence-electron chi connectivity index (χ0n) is 18.4. The molecular formula is C24H27ClN4O3S. The van der Waals surface area contributed by atoms with Gasteiger partial charge in [-0.2, -0.15) is 9.40 Å². The van der Waals surface area contributed by atoms with Crippen molar-refractivity contribution in [1.29, 1.82) is 0 Å². The molecule has 0 bridgehead atoms. The summed E-state index contributed by atoms with van der Waals surface area (Å²) in [5.41, 5.74) is 2.26. The number of aromatic nitrogens is 2. The number of hydrogen-bond acceptors (Lipinski definition) is 4. The molecule has 1 atom stereocenters. The van der Waals surface area contributed by atoms with Gasteiger partial charge in [-0.05, 0) is 54.2 Å². The van der Waals surface area contributed by atoms with Crippen LogP contribution in [0.15, 0.2) is 65.8 Å². The summed E-state index contributed by atoms with van der Waals surface area (Å²) in [6.07, 6.45) is 5.43. The molecule has 33 heavy (non-hydrogen) atoms. The van der Waals surface area contributed by atoms with Crippen LogP contribution in [0.4, 0.5) is 0 Å². The summed E-state index contributed by atoms with van der Waals surface area (Å²) in [7, 11) is -3.77. The first kappa shape index (κ1) is 23.5. The number of halogens is 1. The van der Waals surface area contributed by atoms with Crippen molar-refractivity contribution < 1.29 is 13.2 Å². The summed E-state index contributed by atoms with van der Waals surface area (Å²) in [6.45, 7) is 3.87. The van der Waals surface area contributed by atoms with E-state index in [4.69, 9.17) is 11.6 Å². The van der Waals surface area contributed by atoms with E-state index in [0.717, 1.165) is 24.0 Å². The highest BCUT2D eigenvalue weighted by molar-refractivity contribution is 7.89. The molecule has 2 heterocycles. The number of rotatable bonds is 7. The van der Waals surface area contributed by atoms with Crippen LogP contribution in [0.3, 0.4) is 0 Å². The van der Waals surface area contributed by atoms with Crippen LogP contribution in [0, 0.1) is 5.92 Å². The first-order valence-electron chi connectivity index (χ1n) is 11.0. The molecule has 0 radical (unpaired) electrons. The van der Waals surface area contributed by atoms with Crippen molar-refractivity contribution in [2.24, 2.45) is 5.92 Å². The normalized spacial score (nSPS) is 17.1. The van der Waals surface area contributed by atoms with Crippen LogP contribution in [0.5, 0.6) is 0 Å². The van der Waals surface area contributed by atoms with Gasteiger partial charge in [-0.25, -0.2) is 8.42 Å². The van der Waals surface area contributed by atoms with Gasteiger partial charge in [0, 0.05) is 37.6 Å². The lowest BCUT2D eigenvalue weighted by Crippen LogP contribution is -2.39. The van der Waals surface area contributed by atoms with Gasteiger partial charge in [-0.15, -0.1) is 0 Å². The van der Waals surface area contributed by atoms with E-state index in [0.29, 0.717) is 32.1 Å². The number of sulfonamides is 1. The molecule has 0 aliphatic carbocycles. The highest BCUT2D eigenvalue weighted by Gasteiger charge is 2.30. The van der Waals surface area contributed by atoms with Crippen LogP contribution < -0.4 is 5.32 Å². The number of nitrogens with zero attached hydrogens (tertiary/aromatic N) is 3. The van der Waals surface area contributed by atoms with Gasteiger partial charge < -0.3 is 5.32 Å². The number of hydrogen-bond donors (Lipinski definition) is 1. The number of benzene rings is 2. The van der Waals surface area contributed by atoms with Crippen molar-refractivity contribution >= 4 is 27.5 Å². The highest BCUT2D eigenvalue weighted by Crippen LogP contribution is 2.29. The third-order valence-electron chi connectivity index (χ3n) is 5.88. The fourth-order valence-electron chi connectivity index (χ4n) is 4.08. The summed E-state index contributed by atoms with van der Waals surface area (Å²) in [5.74, 6) is -0.0652. The van der Waals surface area contributed by atoms with E-state index >= 15 is 0 Å². The minimum atomic E-state index is -3.77. The Bertz CT molecular complexity index is 1230. The minimum absolute atomic E-state index is 0.0231. The van der Waals surface area contributed by atoms with Crippen molar-refractivity contribution in [1.82, 2.24) is 19.4 Å². The molecule has 4 rings (SSSR count). The third kappa shape index (κ3) is 5.46. The van der Waals surface area contributed by atoms with E-state index in [-0.39, 0.29) is 21.4 Å². The quantitative estimate of drug-likeness (QED) is 0.548. The average molecular weight is 487 g/mol. The Morgan fingerprint density at radius 2 is 1.97 bits per heavy atom.